The Balaban J connectivity index is 1.90. The number of hydrogen-bond acceptors (Lipinski definition) is 10. The zero-order valence-corrected chi connectivity index (χ0v) is 38.7. The molecule has 8 atom stereocenters. The quantitative estimate of drug-likeness (QED) is 0.0705. The minimum absolute atomic E-state index is 0.0360. The first-order valence-electron chi connectivity index (χ1n) is 22.3. The first kappa shape index (κ1) is 53.8. The van der Waals surface area contributed by atoms with E-state index in [4.69, 9.17) is 4.74 Å². The standard InChI is InChI=1S/C46H66N8O12/c1-8-22-54(46(65)47-29(6)32-18-14-11-15-19-32)52-43(62)36-23-33(66-26-31-16-12-10-13-17-31)25-53(36)45(64)39(27(3)4)50-44(63)40(28(5)9-2)51-41(60)34(20-21-37(56)57)49-42(61)35(24-38(58)59)48-30(7)55/h10-19,27-29,33-36,39-40H,8-9,20-26H2,1-7H3,(H,47,65)(H,48,55)(H,49,61)(H,50,63)(H,51,60)(H,52,62)(H,56,57)(H,58,59)/t28-,29-,33?,34+,35-,36-,39-,40-/m0/s1. The Morgan fingerprint density at radius 2 is 1.36 bits per heavy atom. The van der Waals surface area contributed by atoms with E-state index < -0.39 is 127 Å². The van der Waals surface area contributed by atoms with Gasteiger partial charge >= 0.3 is 18.0 Å². The molecule has 0 saturated carbocycles. The van der Waals surface area contributed by atoms with Crippen LogP contribution in [-0.4, -0.2) is 123 Å². The third kappa shape index (κ3) is 16.8. The summed E-state index contributed by atoms with van der Waals surface area (Å²) in [5.41, 5.74) is 4.43. The van der Waals surface area contributed by atoms with Crippen LogP contribution in [-0.2, 0) is 49.7 Å². The number of likely N-dealkylation sites (tertiary alicyclic amines) is 1. The minimum atomic E-state index is -1.60. The molecule has 1 heterocycles. The lowest BCUT2D eigenvalue weighted by Crippen LogP contribution is -2.62. The molecule has 1 saturated heterocycles. The van der Waals surface area contributed by atoms with Gasteiger partial charge in [0, 0.05) is 32.9 Å². The Morgan fingerprint density at radius 3 is 1.92 bits per heavy atom. The molecule has 20 heteroatoms. The Morgan fingerprint density at radius 1 is 0.758 bits per heavy atom. The SMILES string of the molecule is CCCN(NC(=O)[C@@H]1CC(OCc2ccccc2)CN1C(=O)[C@@H](NC(=O)[C@@H](NC(=O)[C@@H](CCC(=O)O)NC(=O)[C@H](CC(=O)O)NC(C)=O)[C@@H](C)CC)C(C)C)C(=O)N[C@@H](C)c1ccccc1. The van der Waals surface area contributed by atoms with Gasteiger partial charge in [0.15, 0.2) is 0 Å². The second kappa shape index (κ2) is 26.4. The number of carbonyl (C=O) groups excluding carboxylic acids is 7. The molecule has 0 aromatic heterocycles. The molecule has 1 aliphatic rings. The van der Waals surface area contributed by atoms with Crippen molar-refractivity contribution in [2.24, 2.45) is 11.8 Å². The number of nitrogens with one attached hydrogen (secondary N) is 6. The van der Waals surface area contributed by atoms with Crippen LogP contribution in [0.1, 0.15) is 104 Å². The van der Waals surface area contributed by atoms with E-state index in [0.29, 0.717) is 12.8 Å². The van der Waals surface area contributed by atoms with Crippen molar-refractivity contribution in [3.8, 4) is 0 Å². The van der Waals surface area contributed by atoms with Crippen LogP contribution in [0.15, 0.2) is 60.7 Å². The topological polar surface area (TPSA) is 282 Å². The van der Waals surface area contributed by atoms with Crippen molar-refractivity contribution in [3.63, 3.8) is 0 Å². The van der Waals surface area contributed by atoms with Crippen LogP contribution in [0.3, 0.4) is 0 Å². The van der Waals surface area contributed by atoms with E-state index >= 15 is 0 Å². The van der Waals surface area contributed by atoms with Gasteiger partial charge in [-0.05, 0) is 42.7 Å². The largest absolute Gasteiger partial charge is 0.481 e. The van der Waals surface area contributed by atoms with Crippen LogP contribution in [0.4, 0.5) is 4.79 Å². The summed E-state index contributed by atoms with van der Waals surface area (Å²) >= 11 is 0. The van der Waals surface area contributed by atoms with Gasteiger partial charge in [-0.1, -0.05) is 102 Å². The highest BCUT2D eigenvalue weighted by atomic mass is 16.5. The molecule has 1 aliphatic heterocycles. The minimum Gasteiger partial charge on any atom is -0.481 e. The summed E-state index contributed by atoms with van der Waals surface area (Å²) in [6, 6.07) is 10.8. The molecule has 0 radical (unpaired) electrons. The lowest BCUT2D eigenvalue weighted by atomic mass is 9.95. The number of hydrogen-bond donors (Lipinski definition) is 8. The fourth-order valence-corrected chi connectivity index (χ4v) is 7.26. The number of rotatable bonds is 24. The molecule has 2 aromatic carbocycles. The van der Waals surface area contributed by atoms with Crippen LogP contribution in [0.25, 0.3) is 0 Å². The van der Waals surface area contributed by atoms with Crippen LogP contribution >= 0.6 is 0 Å². The normalized spacial score (nSPS) is 17.2. The number of ether oxygens (including phenoxy) is 1. The van der Waals surface area contributed by atoms with Crippen LogP contribution in [0, 0.1) is 11.8 Å². The van der Waals surface area contributed by atoms with Crippen molar-refractivity contribution in [1.82, 2.24) is 41.9 Å². The number of carbonyl (C=O) groups is 9. The second-order valence-electron chi connectivity index (χ2n) is 16.8. The number of urea groups is 1. The zero-order chi connectivity index (χ0) is 49.1. The van der Waals surface area contributed by atoms with E-state index in [-0.39, 0.29) is 26.1 Å². The van der Waals surface area contributed by atoms with E-state index in [2.05, 4.69) is 32.0 Å². The van der Waals surface area contributed by atoms with Crippen molar-refractivity contribution in [2.75, 3.05) is 13.1 Å². The van der Waals surface area contributed by atoms with Crippen molar-refractivity contribution in [1.29, 1.82) is 0 Å². The van der Waals surface area contributed by atoms with Crippen molar-refractivity contribution < 1.29 is 58.1 Å². The summed E-state index contributed by atoms with van der Waals surface area (Å²) in [4.78, 5) is 120. The third-order valence-electron chi connectivity index (χ3n) is 11.1. The fourth-order valence-electron chi connectivity index (χ4n) is 7.26. The average molecular weight is 923 g/mol. The Bertz CT molecular complexity index is 1970. The average Bonchev–Trinajstić information content (AvgIpc) is 3.71. The van der Waals surface area contributed by atoms with E-state index in [0.717, 1.165) is 18.1 Å². The Kier molecular flexibility index (Phi) is 21.5. The summed E-state index contributed by atoms with van der Waals surface area (Å²) in [5.74, 6) is -8.70. The molecule has 0 aliphatic carbocycles. The number of carboxylic acid groups (broad SMARTS) is 2. The molecule has 8 amide bonds. The molecule has 2 aromatic rings. The van der Waals surface area contributed by atoms with Gasteiger partial charge in [-0.25, -0.2) is 9.80 Å². The molecular formula is C46H66N8O12. The summed E-state index contributed by atoms with van der Waals surface area (Å²) in [7, 11) is 0. The number of carboxylic acids is 2. The zero-order valence-electron chi connectivity index (χ0n) is 38.7. The van der Waals surface area contributed by atoms with Gasteiger partial charge < -0.3 is 46.4 Å². The van der Waals surface area contributed by atoms with Crippen LogP contribution in [0.5, 0.6) is 0 Å². The highest BCUT2D eigenvalue weighted by molar-refractivity contribution is 5.97. The Hall–Kier alpha value is -6.57. The highest BCUT2D eigenvalue weighted by Gasteiger charge is 2.45. The van der Waals surface area contributed by atoms with Gasteiger partial charge in [0.2, 0.25) is 29.5 Å². The van der Waals surface area contributed by atoms with E-state index in [9.17, 15) is 53.4 Å². The summed E-state index contributed by atoms with van der Waals surface area (Å²) in [5, 5.41) is 32.6. The van der Waals surface area contributed by atoms with Gasteiger partial charge in [0.25, 0.3) is 5.91 Å². The number of benzene rings is 2. The molecule has 0 bridgehead atoms. The van der Waals surface area contributed by atoms with E-state index in [1.165, 1.54) is 9.91 Å². The van der Waals surface area contributed by atoms with Crippen molar-refractivity contribution in [2.45, 2.75) is 136 Å². The van der Waals surface area contributed by atoms with Crippen LogP contribution < -0.4 is 32.0 Å². The molecule has 1 fully saturated rings. The molecule has 20 nitrogen and oxygen atoms in total. The van der Waals surface area contributed by atoms with Gasteiger partial charge in [-0.15, -0.1) is 0 Å². The Labute approximate surface area is 385 Å². The van der Waals surface area contributed by atoms with Gasteiger partial charge in [-0.2, -0.15) is 0 Å². The van der Waals surface area contributed by atoms with Gasteiger partial charge in [0.05, 0.1) is 25.2 Å². The molecule has 8 N–H and O–H groups in total. The number of nitrogens with zero attached hydrogens (tertiary/aromatic N) is 2. The predicted octanol–water partition coefficient (Wildman–Crippen LogP) is 2.39. The first-order chi connectivity index (χ1) is 31.2. The third-order valence-corrected chi connectivity index (χ3v) is 11.1. The summed E-state index contributed by atoms with van der Waals surface area (Å²) in [6.45, 7) is 11.8. The molecule has 66 heavy (non-hydrogen) atoms. The monoisotopic (exact) mass is 922 g/mol. The molecule has 0 spiro atoms. The summed E-state index contributed by atoms with van der Waals surface area (Å²) < 4.78 is 6.22. The molecule has 1 unspecified atom stereocenters. The maximum absolute atomic E-state index is 14.7. The molecule has 362 valence electrons. The van der Waals surface area contributed by atoms with Crippen molar-refractivity contribution >= 4 is 53.4 Å². The van der Waals surface area contributed by atoms with E-state index in [1.807, 2.05) is 74.5 Å². The lowest BCUT2D eigenvalue weighted by Gasteiger charge is -2.33. The fraction of sp³-hybridized carbons (Fsp3) is 0.543. The predicted molar refractivity (Wildman–Crippen MR) is 240 cm³/mol. The maximum atomic E-state index is 14.7. The van der Waals surface area contributed by atoms with Crippen LogP contribution in [0.2, 0.25) is 0 Å². The van der Waals surface area contributed by atoms with Crippen molar-refractivity contribution in [3.05, 3.63) is 71.8 Å². The number of aliphatic carboxylic acids is 2. The van der Waals surface area contributed by atoms with E-state index in [1.54, 1.807) is 27.7 Å². The second-order valence-corrected chi connectivity index (χ2v) is 16.8. The number of amides is 8. The molecule has 3 rings (SSSR count). The van der Waals surface area contributed by atoms with Gasteiger partial charge in [-0.3, -0.25) is 43.8 Å². The maximum Gasteiger partial charge on any atom is 0.336 e. The summed E-state index contributed by atoms with van der Waals surface area (Å²) in [6.07, 6.45) is -1.60. The highest BCUT2D eigenvalue weighted by Crippen LogP contribution is 2.25. The van der Waals surface area contributed by atoms with Gasteiger partial charge in [0.1, 0.15) is 30.2 Å². The smallest absolute Gasteiger partial charge is 0.336 e. The molecular weight excluding hydrogens is 857 g/mol. The number of hydrazine groups is 1. The first-order valence-corrected chi connectivity index (χ1v) is 22.3. The lowest BCUT2D eigenvalue weighted by molar-refractivity contribution is -0.144.